The van der Waals surface area contributed by atoms with E-state index >= 15 is 0 Å². The van der Waals surface area contributed by atoms with Crippen molar-refractivity contribution < 1.29 is 9.59 Å². The maximum absolute atomic E-state index is 12.7. The summed E-state index contributed by atoms with van der Waals surface area (Å²) in [5.41, 5.74) is 3.95. The van der Waals surface area contributed by atoms with Crippen molar-refractivity contribution in [2.24, 2.45) is 0 Å². The van der Waals surface area contributed by atoms with Crippen molar-refractivity contribution in [3.8, 4) is 0 Å². The fraction of sp³-hybridized carbons (Fsp3) is 0.238. The van der Waals surface area contributed by atoms with Gasteiger partial charge in [-0.15, -0.1) is 0 Å². The summed E-state index contributed by atoms with van der Waals surface area (Å²) in [5.74, 6) is -0.253. The first-order valence-electron chi connectivity index (χ1n) is 8.52. The lowest BCUT2D eigenvalue weighted by Crippen LogP contribution is -2.27. The van der Waals surface area contributed by atoms with Gasteiger partial charge in [-0.3, -0.25) is 9.59 Å². The molecule has 1 saturated heterocycles. The Morgan fingerprint density at radius 2 is 1.68 bits per heavy atom. The van der Waals surface area contributed by atoms with E-state index in [4.69, 9.17) is 0 Å². The lowest BCUT2D eigenvalue weighted by molar-refractivity contribution is -0.113. The number of aryl methyl sites for hydroxylation is 2. The number of hydrogen-bond acceptors (Lipinski definition) is 3. The number of imide groups is 1. The molecule has 4 heteroatoms. The molecule has 0 saturated carbocycles. The highest BCUT2D eigenvalue weighted by Crippen LogP contribution is 2.35. The van der Waals surface area contributed by atoms with Gasteiger partial charge in [-0.05, 0) is 60.9 Å². The maximum atomic E-state index is 12.7. The predicted octanol–water partition coefficient (Wildman–Crippen LogP) is 5.58. The van der Waals surface area contributed by atoms with E-state index in [9.17, 15) is 9.59 Å². The minimum absolute atomic E-state index is 0.246. The van der Waals surface area contributed by atoms with Crippen LogP contribution >= 0.6 is 11.8 Å². The van der Waals surface area contributed by atoms with Crippen molar-refractivity contribution in [2.75, 3.05) is 4.90 Å². The molecule has 0 unspecified atom stereocenters. The third kappa shape index (κ3) is 4.02. The van der Waals surface area contributed by atoms with Crippen molar-refractivity contribution in [1.29, 1.82) is 0 Å². The highest BCUT2D eigenvalue weighted by molar-refractivity contribution is 8.19. The van der Waals surface area contributed by atoms with Gasteiger partial charge in [0.25, 0.3) is 11.1 Å². The van der Waals surface area contributed by atoms with Crippen LogP contribution in [-0.2, 0) is 11.2 Å². The Labute approximate surface area is 152 Å². The van der Waals surface area contributed by atoms with E-state index in [2.05, 4.69) is 6.92 Å². The molecule has 1 heterocycles. The average molecular weight is 351 g/mol. The molecule has 0 aromatic heterocycles. The van der Waals surface area contributed by atoms with E-state index in [0.717, 1.165) is 42.2 Å². The second-order valence-corrected chi connectivity index (χ2v) is 7.19. The van der Waals surface area contributed by atoms with Gasteiger partial charge in [-0.1, -0.05) is 55.3 Å². The summed E-state index contributed by atoms with van der Waals surface area (Å²) in [5, 5.41) is -0.246. The number of rotatable bonds is 5. The monoisotopic (exact) mass is 351 g/mol. The molecule has 128 valence electrons. The maximum Gasteiger partial charge on any atom is 0.298 e. The third-order valence-corrected chi connectivity index (χ3v) is 5.05. The van der Waals surface area contributed by atoms with Gasteiger partial charge in [-0.25, -0.2) is 4.90 Å². The van der Waals surface area contributed by atoms with Crippen molar-refractivity contribution in [3.05, 3.63) is 70.1 Å². The fourth-order valence-electron chi connectivity index (χ4n) is 2.70. The molecule has 3 rings (SSSR count). The van der Waals surface area contributed by atoms with Crippen LogP contribution in [0.25, 0.3) is 6.08 Å². The van der Waals surface area contributed by atoms with Crippen LogP contribution in [0.5, 0.6) is 0 Å². The number of unbranched alkanes of at least 4 members (excludes halogenated alkanes) is 1. The summed E-state index contributed by atoms with van der Waals surface area (Å²) in [6, 6.07) is 15.6. The van der Waals surface area contributed by atoms with E-state index in [1.807, 2.05) is 55.5 Å². The van der Waals surface area contributed by atoms with Crippen LogP contribution < -0.4 is 4.90 Å². The fourth-order valence-corrected chi connectivity index (χ4v) is 3.54. The molecule has 0 aliphatic carbocycles. The number of amides is 2. The van der Waals surface area contributed by atoms with E-state index in [-0.39, 0.29) is 11.1 Å². The van der Waals surface area contributed by atoms with Gasteiger partial charge >= 0.3 is 0 Å². The largest absolute Gasteiger partial charge is 0.298 e. The first kappa shape index (κ1) is 17.5. The Hall–Kier alpha value is -2.33. The molecule has 1 aliphatic heterocycles. The highest BCUT2D eigenvalue weighted by Gasteiger charge is 2.36. The zero-order chi connectivity index (χ0) is 17.8. The molecule has 0 spiro atoms. The Balaban J connectivity index is 1.80. The molecule has 2 aromatic carbocycles. The minimum Gasteiger partial charge on any atom is -0.268 e. The third-order valence-electron chi connectivity index (χ3n) is 4.18. The first-order valence-corrected chi connectivity index (χ1v) is 9.33. The lowest BCUT2D eigenvalue weighted by atomic mass is 10.1. The summed E-state index contributed by atoms with van der Waals surface area (Å²) in [6.07, 6.45) is 5.08. The van der Waals surface area contributed by atoms with E-state index in [1.54, 1.807) is 6.08 Å². The molecule has 0 atom stereocenters. The summed E-state index contributed by atoms with van der Waals surface area (Å²) in [6.45, 7) is 4.18. The average Bonchev–Trinajstić information content (AvgIpc) is 2.89. The van der Waals surface area contributed by atoms with Crippen LogP contribution in [0.2, 0.25) is 0 Å². The topological polar surface area (TPSA) is 37.4 Å². The van der Waals surface area contributed by atoms with Crippen molar-refractivity contribution >= 4 is 34.7 Å². The van der Waals surface area contributed by atoms with Crippen molar-refractivity contribution in [1.82, 2.24) is 0 Å². The predicted molar refractivity (Wildman–Crippen MR) is 105 cm³/mol. The van der Waals surface area contributed by atoms with Crippen molar-refractivity contribution in [2.45, 2.75) is 33.1 Å². The van der Waals surface area contributed by atoms with Crippen LogP contribution in [0.15, 0.2) is 53.4 Å². The molecule has 1 fully saturated rings. The molecule has 3 nitrogen and oxygen atoms in total. The second-order valence-electron chi connectivity index (χ2n) is 6.20. The van der Waals surface area contributed by atoms with Gasteiger partial charge in [0.15, 0.2) is 0 Å². The number of carbonyl (C=O) groups excluding carboxylic acids is 2. The molecule has 2 aromatic rings. The quantitative estimate of drug-likeness (QED) is 0.660. The van der Waals surface area contributed by atoms with Crippen LogP contribution in [0.4, 0.5) is 10.5 Å². The van der Waals surface area contributed by atoms with Gasteiger partial charge in [0.2, 0.25) is 0 Å². The number of thioether (sulfide) groups is 1. The van der Waals surface area contributed by atoms with Gasteiger partial charge in [0.1, 0.15) is 0 Å². The van der Waals surface area contributed by atoms with Gasteiger partial charge in [0.05, 0.1) is 10.6 Å². The molecule has 0 N–H and O–H groups in total. The molecule has 2 amide bonds. The van der Waals surface area contributed by atoms with Gasteiger partial charge in [0, 0.05) is 0 Å². The van der Waals surface area contributed by atoms with E-state index in [1.165, 1.54) is 10.5 Å². The number of carbonyl (C=O) groups is 2. The number of hydrogen-bond donors (Lipinski definition) is 0. The normalized spacial score (nSPS) is 16.1. The smallest absolute Gasteiger partial charge is 0.268 e. The zero-order valence-corrected chi connectivity index (χ0v) is 15.3. The first-order chi connectivity index (χ1) is 12.1. The molecule has 25 heavy (non-hydrogen) atoms. The summed E-state index contributed by atoms with van der Waals surface area (Å²) in [7, 11) is 0. The standard InChI is InChI=1S/C21H21NO2S/c1-3-4-5-16-10-12-18(13-11-16)22-20(23)19(25-21(22)24)14-17-8-6-15(2)7-9-17/h6-14H,3-5H2,1-2H3/b19-14-. The molecule has 1 aliphatic rings. The second kappa shape index (κ2) is 7.70. The van der Waals surface area contributed by atoms with E-state index in [0.29, 0.717) is 10.6 Å². The van der Waals surface area contributed by atoms with Crippen LogP contribution in [-0.4, -0.2) is 11.1 Å². The van der Waals surface area contributed by atoms with Crippen LogP contribution in [0.3, 0.4) is 0 Å². The van der Waals surface area contributed by atoms with Crippen LogP contribution in [0, 0.1) is 6.92 Å². The Bertz CT molecular complexity index is 807. The molecular formula is C21H21NO2S. The molecule has 0 bridgehead atoms. The van der Waals surface area contributed by atoms with Crippen molar-refractivity contribution in [3.63, 3.8) is 0 Å². The van der Waals surface area contributed by atoms with Crippen LogP contribution in [0.1, 0.15) is 36.5 Å². The summed E-state index contributed by atoms with van der Waals surface area (Å²) in [4.78, 5) is 26.7. The Morgan fingerprint density at radius 3 is 2.32 bits per heavy atom. The minimum atomic E-state index is -0.253. The summed E-state index contributed by atoms with van der Waals surface area (Å²) >= 11 is 0.992. The Morgan fingerprint density at radius 1 is 1.00 bits per heavy atom. The molecule has 0 radical (unpaired) electrons. The number of nitrogens with zero attached hydrogens (tertiary/aromatic N) is 1. The number of benzene rings is 2. The SMILES string of the molecule is CCCCc1ccc(N2C(=O)S/C(=C\c3ccc(C)cc3)C2=O)cc1. The Kier molecular flexibility index (Phi) is 5.39. The lowest BCUT2D eigenvalue weighted by Gasteiger charge is -2.13. The molecular weight excluding hydrogens is 330 g/mol. The summed E-state index contributed by atoms with van der Waals surface area (Å²) < 4.78 is 0. The van der Waals surface area contributed by atoms with Gasteiger partial charge < -0.3 is 0 Å². The zero-order valence-electron chi connectivity index (χ0n) is 14.5. The van der Waals surface area contributed by atoms with Gasteiger partial charge in [-0.2, -0.15) is 0 Å². The number of anilines is 1. The highest BCUT2D eigenvalue weighted by atomic mass is 32.2. The van der Waals surface area contributed by atoms with E-state index < -0.39 is 0 Å².